The molecule has 0 spiro atoms. The smallest absolute Gasteiger partial charge is 0.143 e. The van der Waals surface area contributed by atoms with Crippen LogP contribution in [-0.4, -0.2) is 73.7 Å². The normalized spacial score (nSPS) is 21.3. The van der Waals surface area contributed by atoms with Crippen molar-refractivity contribution >= 4 is 20.2 Å². The minimum Gasteiger partial charge on any atom is -0.497 e. The first kappa shape index (κ1) is 20.6. The van der Waals surface area contributed by atoms with E-state index in [2.05, 4.69) is 47.0 Å². The summed E-state index contributed by atoms with van der Waals surface area (Å²) in [5.41, 5.74) is 2.32. The Morgan fingerprint density at radius 1 is 1.29 bits per heavy atom. The summed E-state index contributed by atoms with van der Waals surface area (Å²) in [6, 6.07) is 7.91. The monoisotopic (exact) mass is 399 g/mol. The number of allylic oxidation sites excluding steroid dienone is 2. The third-order valence-electron chi connectivity index (χ3n) is 5.33. The van der Waals surface area contributed by atoms with E-state index in [1.807, 2.05) is 24.3 Å². The number of likely N-dealkylation sites (N-methyl/N-ethyl adjacent to an activating group) is 2. The lowest BCUT2D eigenvalue weighted by Crippen LogP contribution is -2.46. The lowest BCUT2D eigenvalue weighted by atomic mass is 10.2. The lowest BCUT2D eigenvalue weighted by Gasteiger charge is -2.38. The first-order chi connectivity index (χ1) is 13.6. The van der Waals surface area contributed by atoms with Crippen molar-refractivity contribution in [3.63, 3.8) is 0 Å². The number of piperazine rings is 1. The minimum absolute atomic E-state index is 0.248. The van der Waals surface area contributed by atoms with Crippen molar-refractivity contribution in [3.05, 3.63) is 60.0 Å². The van der Waals surface area contributed by atoms with Crippen LogP contribution in [0.4, 0.5) is 0 Å². The first-order valence-corrected chi connectivity index (χ1v) is 10.9. The second-order valence-corrected chi connectivity index (χ2v) is 8.46. The Morgan fingerprint density at radius 3 is 2.71 bits per heavy atom. The predicted molar refractivity (Wildman–Crippen MR) is 118 cm³/mol. The maximum Gasteiger partial charge on any atom is 0.143 e. The maximum absolute atomic E-state index is 11.2. The van der Waals surface area contributed by atoms with Gasteiger partial charge < -0.3 is 19.4 Å². The molecule has 6 heteroatoms. The van der Waals surface area contributed by atoms with E-state index in [1.54, 1.807) is 13.2 Å². The maximum atomic E-state index is 11.2. The Balaban J connectivity index is 1.68. The van der Waals surface area contributed by atoms with Gasteiger partial charge in [0.1, 0.15) is 12.0 Å². The highest BCUT2D eigenvalue weighted by Crippen LogP contribution is 2.41. The van der Waals surface area contributed by atoms with Gasteiger partial charge in [-0.05, 0) is 41.7 Å². The van der Waals surface area contributed by atoms with E-state index in [9.17, 15) is 4.79 Å². The molecule has 0 aliphatic carbocycles. The highest BCUT2D eigenvalue weighted by Gasteiger charge is 2.21. The molecule has 0 amide bonds. The van der Waals surface area contributed by atoms with Gasteiger partial charge in [0, 0.05) is 39.4 Å². The summed E-state index contributed by atoms with van der Waals surface area (Å²) in [4.78, 5) is 18.4. The van der Waals surface area contributed by atoms with Gasteiger partial charge in [0.25, 0.3) is 0 Å². The third kappa shape index (κ3) is 5.03. The fraction of sp³-hybridized carbons (Fsp3) is 0.409. The van der Waals surface area contributed by atoms with Crippen LogP contribution >= 0.6 is 8.58 Å². The molecule has 0 bridgehead atoms. The van der Waals surface area contributed by atoms with Crippen molar-refractivity contribution in [1.29, 1.82) is 0 Å². The molecular weight excluding hydrogens is 369 g/mol. The molecule has 1 fully saturated rings. The summed E-state index contributed by atoms with van der Waals surface area (Å²) in [7, 11) is 4.25. The summed E-state index contributed by atoms with van der Waals surface area (Å²) >= 11 is 0. The minimum atomic E-state index is 0.248. The van der Waals surface area contributed by atoms with E-state index in [0.29, 0.717) is 8.58 Å². The van der Waals surface area contributed by atoms with Gasteiger partial charge in [0.05, 0.1) is 18.6 Å². The predicted octanol–water partition coefficient (Wildman–Crippen LogP) is 3.22. The number of benzene rings is 1. The molecule has 2 unspecified atom stereocenters. The quantitative estimate of drug-likeness (QED) is 0.400. The van der Waals surface area contributed by atoms with E-state index in [-0.39, 0.29) is 5.78 Å². The molecule has 2 aliphatic heterocycles. The van der Waals surface area contributed by atoms with E-state index >= 15 is 0 Å². The van der Waals surface area contributed by atoms with Crippen LogP contribution in [-0.2, 0) is 4.79 Å². The Kier molecular flexibility index (Phi) is 7.30. The SMILES string of the molecule is CCN1CCN(C2=CN(C)C(P/C(=C\C=O)c3cccc(OC)c3)C=C2)CC1. The highest BCUT2D eigenvalue weighted by molar-refractivity contribution is 7.51. The number of carbonyl (C=O) groups is 1. The highest BCUT2D eigenvalue weighted by atomic mass is 31.1. The molecule has 28 heavy (non-hydrogen) atoms. The molecule has 150 valence electrons. The van der Waals surface area contributed by atoms with Gasteiger partial charge in [-0.15, -0.1) is 0 Å². The summed E-state index contributed by atoms with van der Waals surface area (Å²) in [6.45, 7) is 7.75. The zero-order chi connectivity index (χ0) is 19.9. The van der Waals surface area contributed by atoms with Gasteiger partial charge >= 0.3 is 0 Å². The number of methoxy groups -OCH3 is 1. The first-order valence-electron chi connectivity index (χ1n) is 9.80. The fourth-order valence-electron chi connectivity index (χ4n) is 3.56. The van der Waals surface area contributed by atoms with Crippen molar-refractivity contribution in [3.8, 4) is 5.75 Å². The van der Waals surface area contributed by atoms with Gasteiger partial charge in [0.2, 0.25) is 0 Å². The number of carbonyl (C=O) groups excluding carboxylic acids is 1. The van der Waals surface area contributed by atoms with Crippen LogP contribution < -0.4 is 4.74 Å². The number of hydrogen-bond acceptors (Lipinski definition) is 5. The Bertz CT molecular complexity index is 767. The molecule has 0 N–H and O–H groups in total. The second-order valence-electron chi connectivity index (χ2n) is 7.04. The third-order valence-corrected chi connectivity index (χ3v) is 6.99. The number of hydrogen-bond donors (Lipinski definition) is 0. The zero-order valence-electron chi connectivity index (χ0n) is 17.0. The topological polar surface area (TPSA) is 36.0 Å². The Hall–Kier alpha value is -2.10. The molecule has 1 aromatic rings. The van der Waals surface area contributed by atoms with Crippen molar-refractivity contribution in [2.45, 2.75) is 12.7 Å². The molecule has 1 saturated heterocycles. The molecule has 2 atom stereocenters. The van der Waals surface area contributed by atoms with E-state index in [4.69, 9.17) is 4.74 Å². The van der Waals surface area contributed by atoms with Crippen LogP contribution in [0.3, 0.4) is 0 Å². The van der Waals surface area contributed by atoms with E-state index < -0.39 is 0 Å². The zero-order valence-corrected chi connectivity index (χ0v) is 18.0. The van der Waals surface area contributed by atoms with Gasteiger partial charge in [0.15, 0.2) is 0 Å². The van der Waals surface area contributed by atoms with Crippen LogP contribution in [0.15, 0.2) is 54.4 Å². The van der Waals surface area contributed by atoms with Crippen molar-refractivity contribution < 1.29 is 9.53 Å². The molecule has 2 aliphatic rings. The van der Waals surface area contributed by atoms with Crippen LogP contribution in [0, 0.1) is 0 Å². The van der Waals surface area contributed by atoms with Gasteiger partial charge in [-0.25, -0.2) is 0 Å². The molecule has 1 aromatic carbocycles. The van der Waals surface area contributed by atoms with Crippen LogP contribution in [0.1, 0.15) is 12.5 Å². The van der Waals surface area contributed by atoms with Crippen LogP contribution in [0.25, 0.3) is 5.31 Å². The fourth-order valence-corrected chi connectivity index (χ4v) is 4.84. The largest absolute Gasteiger partial charge is 0.497 e. The molecule has 0 saturated carbocycles. The van der Waals surface area contributed by atoms with Crippen molar-refractivity contribution in [2.24, 2.45) is 0 Å². The van der Waals surface area contributed by atoms with E-state index in [1.165, 1.54) is 5.70 Å². The molecule has 3 rings (SSSR count). The summed E-state index contributed by atoms with van der Waals surface area (Å²) in [6.07, 6.45) is 9.30. The molecular formula is C22H30N3O2P. The molecule has 2 heterocycles. The number of aldehydes is 1. The van der Waals surface area contributed by atoms with Gasteiger partial charge in [-0.3, -0.25) is 4.79 Å². The Labute approximate surface area is 170 Å². The summed E-state index contributed by atoms with van der Waals surface area (Å²) in [5, 5.41) is 1.05. The van der Waals surface area contributed by atoms with Crippen molar-refractivity contribution in [1.82, 2.24) is 14.7 Å². The molecule has 0 aromatic heterocycles. The number of ether oxygens (including phenoxy) is 1. The van der Waals surface area contributed by atoms with Gasteiger partial charge in [-0.2, -0.15) is 0 Å². The standard InChI is InChI=1S/C22H30N3O2P/c1-4-24-11-13-25(14-12-24)19-8-9-22(23(2)17-19)28-21(10-15-26)18-6-5-7-20(16-18)27-3/h5-10,15-17,22,28H,4,11-14H2,1-3H3/b21-10-. The molecule has 5 nitrogen and oxygen atoms in total. The molecule has 0 radical (unpaired) electrons. The summed E-state index contributed by atoms with van der Waals surface area (Å²) in [5.74, 6) is 1.05. The van der Waals surface area contributed by atoms with Crippen LogP contribution in [0.5, 0.6) is 5.75 Å². The summed E-state index contributed by atoms with van der Waals surface area (Å²) < 4.78 is 5.34. The number of rotatable bonds is 7. The number of nitrogens with zero attached hydrogens (tertiary/aromatic N) is 3. The van der Waals surface area contributed by atoms with E-state index in [0.717, 1.165) is 55.6 Å². The average molecular weight is 399 g/mol. The van der Waals surface area contributed by atoms with Crippen LogP contribution in [0.2, 0.25) is 0 Å². The lowest BCUT2D eigenvalue weighted by molar-refractivity contribution is -0.104. The van der Waals surface area contributed by atoms with Gasteiger partial charge in [-0.1, -0.05) is 33.7 Å². The Morgan fingerprint density at radius 2 is 2.07 bits per heavy atom. The average Bonchev–Trinajstić information content (AvgIpc) is 2.74. The second kappa shape index (κ2) is 9.90. The van der Waals surface area contributed by atoms with Crippen molar-refractivity contribution in [2.75, 3.05) is 46.9 Å².